The van der Waals surface area contributed by atoms with Crippen LogP contribution >= 0.6 is 22.9 Å². The van der Waals surface area contributed by atoms with E-state index in [0.717, 1.165) is 56.2 Å². The van der Waals surface area contributed by atoms with Crippen LogP contribution in [0.2, 0.25) is 4.47 Å². The van der Waals surface area contributed by atoms with Gasteiger partial charge in [0.15, 0.2) is 4.47 Å². The molecule has 2 saturated heterocycles. The van der Waals surface area contributed by atoms with Crippen molar-refractivity contribution in [3.05, 3.63) is 69.1 Å². The lowest BCUT2D eigenvalue weighted by Crippen LogP contribution is -2.47. The third kappa shape index (κ3) is 6.56. The van der Waals surface area contributed by atoms with Crippen molar-refractivity contribution in [1.29, 1.82) is 0 Å². The number of nitrogens with one attached hydrogen (secondary N) is 2. The topological polar surface area (TPSA) is 97.9 Å². The van der Waals surface area contributed by atoms with E-state index >= 15 is 0 Å². The molecule has 3 heterocycles. The fraction of sp³-hybridized carbons (Fsp3) is 0.379. The molecular weight excluding hydrogens is 548 g/mol. The molecule has 40 heavy (non-hydrogen) atoms. The maximum Gasteiger partial charge on any atom is 0.267 e. The summed E-state index contributed by atoms with van der Waals surface area (Å²) in [5.74, 6) is -0.360. The second kappa shape index (κ2) is 12.7. The van der Waals surface area contributed by atoms with E-state index in [1.54, 1.807) is 12.1 Å². The first-order valence-electron chi connectivity index (χ1n) is 13.6. The van der Waals surface area contributed by atoms with E-state index in [9.17, 15) is 14.4 Å². The van der Waals surface area contributed by atoms with Crippen LogP contribution in [-0.4, -0.2) is 73.4 Å². The van der Waals surface area contributed by atoms with Gasteiger partial charge >= 0.3 is 0 Å². The minimum Gasteiger partial charge on any atom is -0.368 e. The maximum absolute atomic E-state index is 13.0. The third-order valence-electron chi connectivity index (χ3n) is 7.35. The molecule has 9 nitrogen and oxygen atoms in total. The quantitative estimate of drug-likeness (QED) is 0.364. The number of likely N-dealkylation sites (tertiary alicyclic amines) is 1. The first kappa shape index (κ1) is 27.9. The van der Waals surface area contributed by atoms with Gasteiger partial charge in [-0.25, -0.2) is 4.98 Å². The molecule has 2 fully saturated rings. The van der Waals surface area contributed by atoms with Crippen LogP contribution < -0.4 is 20.4 Å². The SMILES string of the molecule is Cc1ccccc1N1CCN(c2ccc(C(=O)NCCCN3CCCC3=O)cc2NC(=O)c2cnc(Cl)s2)CC1. The molecule has 0 bridgehead atoms. The Morgan fingerprint density at radius 2 is 1.75 bits per heavy atom. The minimum atomic E-state index is -0.322. The van der Waals surface area contributed by atoms with Gasteiger partial charge in [0, 0.05) is 63.5 Å². The fourth-order valence-corrected chi connectivity index (χ4v) is 6.05. The van der Waals surface area contributed by atoms with Gasteiger partial charge in [-0.15, -0.1) is 0 Å². The molecule has 0 aliphatic carbocycles. The number of rotatable bonds is 9. The first-order chi connectivity index (χ1) is 19.4. The number of benzene rings is 2. The van der Waals surface area contributed by atoms with Crippen molar-refractivity contribution in [2.45, 2.75) is 26.2 Å². The highest BCUT2D eigenvalue weighted by Crippen LogP contribution is 2.31. The molecule has 5 rings (SSSR count). The van der Waals surface area contributed by atoms with Crippen molar-refractivity contribution >= 4 is 57.7 Å². The van der Waals surface area contributed by atoms with Gasteiger partial charge in [-0.1, -0.05) is 41.1 Å². The summed E-state index contributed by atoms with van der Waals surface area (Å²) < 4.78 is 0.293. The van der Waals surface area contributed by atoms with Crippen LogP contribution in [0.3, 0.4) is 0 Å². The summed E-state index contributed by atoms with van der Waals surface area (Å²) in [6, 6.07) is 13.8. The molecule has 11 heteroatoms. The van der Waals surface area contributed by atoms with E-state index in [2.05, 4.69) is 50.5 Å². The minimum absolute atomic E-state index is 0.185. The van der Waals surface area contributed by atoms with Crippen molar-refractivity contribution in [2.24, 2.45) is 0 Å². The number of nitrogens with zero attached hydrogens (tertiary/aromatic N) is 4. The molecule has 210 valence electrons. The number of piperazine rings is 1. The molecule has 2 aliphatic rings. The van der Waals surface area contributed by atoms with Gasteiger partial charge in [0.1, 0.15) is 4.88 Å². The second-order valence-electron chi connectivity index (χ2n) is 10.0. The van der Waals surface area contributed by atoms with E-state index in [0.29, 0.717) is 46.5 Å². The number of aromatic nitrogens is 1. The monoisotopic (exact) mass is 580 g/mol. The number of halogens is 1. The Hall–Kier alpha value is -3.63. The van der Waals surface area contributed by atoms with Crippen LogP contribution in [0.1, 0.15) is 44.9 Å². The first-order valence-corrected chi connectivity index (χ1v) is 14.8. The van der Waals surface area contributed by atoms with Gasteiger partial charge in [-0.3, -0.25) is 14.4 Å². The van der Waals surface area contributed by atoms with E-state index in [1.807, 2.05) is 17.0 Å². The molecule has 3 aromatic rings. The highest BCUT2D eigenvalue weighted by Gasteiger charge is 2.23. The third-order valence-corrected chi connectivity index (χ3v) is 8.46. The summed E-state index contributed by atoms with van der Waals surface area (Å²) in [4.78, 5) is 48.6. The Bertz CT molecular complexity index is 1390. The molecule has 2 aromatic carbocycles. The molecule has 0 atom stereocenters. The predicted molar refractivity (Wildman–Crippen MR) is 160 cm³/mol. The Morgan fingerprint density at radius 1 is 1.00 bits per heavy atom. The van der Waals surface area contributed by atoms with Gasteiger partial charge in [-0.05, 0) is 49.6 Å². The van der Waals surface area contributed by atoms with Gasteiger partial charge in [0.05, 0.1) is 17.6 Å². The number of hydrogen-bond acceptors (Lipinski definition) is 7. The average molecular weight is 581 g/mol. The Labute approximate surface area is 243 Å². The Kier molecular flexibility index (Phi) is 8.86. The zero-order valence-electron chi connectivity index (χ0n) is 22.5. The second-order valence-corrected chi connectivity index (χ2v) is 11.6. The number of para-hydroxylation sites is 1. The van der Waals surface area contributed by atoms with Gasteiger partial charge in [0.2, 0.25) is 5.91 Å². The molecule has 0 saturated carbocycles. The van der Waals surface area contributed by atoms with Crippen molar-refractivity contribution in [2.75, 3.05) is 60.9 Å². The van der Waals surface area contributed by atoms with Crippen molar-refractivity contribution in [3.8, 4) is 0 Å². The zero-order valence-corrected chi connectivity index (χ0v) is 24.1. The Balaban J connectivity index is 1.28. The van der Waals surface area contributed by atoms with Crippen LogP contribution in [0.5, 0.6) is 0 Å². The van der Waals surface area contributed by atoms with E-state index in [4.69, 9.17) is 11.6 Å². The van der Waals surface area contributed by atoms with Gasteiger partial charge in [0.25, 0.3) is 11.8 Å². The smallest absolute Gasteiger partial charge is 0.267 e. The lowest BCUT2D eigenvalue weighted by atomic mass is 10.1. The number of anilines is 3. The molecule has 1 aromatic heterocycles. The van der Waals surface area contributed by atoms with Crippen LogP contribution in [0.25, 0.3) is 0 Å². The summed E-state index contributed by atoms with van der Waals surface area (Å²) in [6.07, 6.45) is 3.66. The average Bonchev–Trinajstić information content (AvgIpc) is 3.59. The highest BCUT2D eigenvalue weighted by atomic mass is 35.5. The van der Waals surface area contributed by atoms with Crippen molar-refractivity contribution in [3.63, 3.8) is 0 Å². The molecule has 0 unspecified atom stereocenters. The molecular formula is C29H33ClN6O3S. The number of carbonyl (C=O) groups excluding carboxylic acids is 3. The highest BCUT2D eigenvalue weighted by molar-refractivity contribution is 7.17. The summed E-state index contributed by atoms with van der Waals surface area (Å²) in [7, 11) is 0. The largest absolute Gasteiger partial charge is 0.368 e. The normalized spacial score (nSPS) is 15.4. The maximum atomic E-state index is 13.0. The van der Waals surface area contributed by atoms with Crippen LogP contribution in [-0.2, 0) is 4.79 Å². The summed E-state index contributed by atoms with van der Waals surface area (Å²) >= 11 is 7.06. The van der Waals surface area contributed by atoms with Gasteiger partial charge < -0.3 is 25.3 Å². The molecule has 2 aliphatic heterocycles. The van der Waals surface area contributed by atoms with E-state index < -0.39 is 0 Å². The molecule has 3 amide bonds. The Morgan fingerprint density at radius 3 is 2.42 bits per heavy atom. The summed E-state index contributed by atoms with van der Waals surface area (Å²) in [6.45, 7) is 7.24. The molecule has 0 spiro atoms. The zero-order chi connectivity index (χ0) is 28.1. The number of aryl methyl sites for hydroxylation is 1. The van der Waals surface area contributed by atoms with Crippen LogP contribution in [0.15, 0.2) is 48.7 Å². The van der Waals surface area contributed by atoms with Crippen LogP contribution in [0.4, 0.5) is 17.1 Å². The fourth-order valence-electron chi connectivity index (χ4n) is 5.22. The summed E-state index contributed by atoms with van der Waals surface area (Å²) in [5, 5.41) is 5.93. The molecule has 2 N–H and O–H groups in total. The van der Waals surface area contributed by atoms with Crippen molar-refractivity contribution in [1.82, 2.24) is 15.2 Å². The molecule has 0 radical (unpaired) electrons. The summed E-state index contributed by atoms with van der Waals surface area (Å²) in [5.41, 5.74) is 4.36. The number of hydrogen-bond donors (Lipinski definition) is 2. The van der Waals surface area contributed by atoms with Crippen LogP contribution in [0, 0.1) is 6.92 Å². The lowest BCUT2D eigenvalue weighted by Gasteiger charge is -2.38. The van der Waals surface area contributed by atoms with E-state index in [1.165, 1.54) is 17.4 Å². The number of amides is 3. The number of thiazole rings is 1. The predicted octanol–water partition coefficient (Wildman–Crippen LogP) is 4.43. The standard InChI is InChI=1S/C29H33ClN6O3S/c1-20-6-2-3-7-23(20)34-14-16-35(17-15-34)24-10-9-21(18-22(24)33-28(39)25-19-32-29(30)40-25)27(38)31-11-5-13-36-12-4-8-26(36)37/h2-3,6-7,9-10,18-19H,4-5,8,11-17H2,1H3,(H,31,38)(H,33,39). The lowest BCUT2D eigenvalue weighted by molar-refractivity contribution is -0.127. The number of carbonyl (C=O) groups is 3. The van der Waals surface area contributed by atoms with Crippen molar-refractivity contribution < 1.29 is 14.4 Å². The van der Waals surface area contributed by atoms with Gasteiger partial charge in [-0.2, -0.15) is 0 Å². The van der Waals surface area contributed by atoms with E-state index in [-0.39, 0.29) is 17.7 Å².